The van der Waals surface area contributed by atoms with Crippen LogP contribution in [0.5, 0.6) is 0 Å². The second-order valence-corrected chi connectivity index (χ2v) is 5.20. The first kappa shape index (κ1) is 14.4. The van der Waals surface area contributed by atoms with Crippen molar-refractivity contribution in [3.63, 3.8) is 0 Å². The van der Waals surface area contributed by atoms with Gasteiger partial charge in [0.05, 0.1) is 13.2 Å². The van der Waals surface area contributed by atoms with Gasteiger partial charge in [0, 0.05) is 19.1 Å². The Hall–Kier alpha value is -0.970. The molecular formula is C15H23FN2O. The third-order valence-electron chi connectivity index (χ3n) is 3.53. The average Bonchev–Trinajstić information content (AvgIpc) is 2.44. The number of ether oxygens (including phenoxy) is 1. The maximum atomic E-state index is 13.0. The molecule has 1 aliphatic rings. The van der Waals surface area contributed by atoms with Crippen molar-refractivity contribution in [1.82, 2.24) is 10.2 Å². The molecule has 19 heavy (non-hydrogen) atoms. The third-order valence-corrected chi connectivity index (χ3v) is 3.53. The molecular weight excluding hydrogens is 243 g/mol. The summed E-state index contributed by atoms with van der Waals surface area (Å²) < 4.78 is 18.5. The number of halogens is 1. The fourth-order valence-electron chi connectivity index (χ4n) is 2.31. The van der Waals surface area contributed by atoms with Crippen molar-refractivity contribution in [3.05, 3.63) is 35.6 Å². The molecule has 4 heteroatoms. The number of benzene rings is 1. The largest absolute Gasteiger partial charge is 0.379 e. The summed E-state index contributed by atoms with van der Waals surface area (Å²) in [7, 11) is 2.11. The van der Waals surface area contributed by atoms with Crippen LogP contribution in [0.4, 0.5) is 4.39 Å². The Morgan fingerprint density at radius 3 is 3.05 bits per heavy atom. The van der Waals surface area contributed by atoms with Gasteiger partial charge in [0.1, 0.15) is 5.82 Å². The molecule has 1 aromatic rings. The standard InChI is InChI=1S/C15H23FN2O/c1-18(9-6-15-12-19-10-7-17-15)8-5-13-3-2-4-14(16)11-13/h2-4,11,15,17H,5-10,12H2,1H3. The van der Waals surface area contributed by atoms with Gasteiger partial charge in [-0.2, -0.15) is 0 Å². The zero-order chi connectivity index (χ0) is 13.5. The summed E-state index contributed by atoms with van der Waals surface area (Å²) in [4.78, 5) is 2.29. The summed E-state index contributed by atoms with van der Waals surface area (Å²) in [5, 5.41) is 3.45. The van der Waals surface area contributed by atoms with Gasteiger partial charge >= 0.3 is 0 Å². The molecule has 1 heterocycles. The molecule has 0 radical (unpaired) electrons. The molecule has 0 aliphatic carbocycles. The quantitative estimate of drug-likeness (QED) is 0.848. The summed E-state index contributed by atoms with van der Waals surface area (Å²) in [5.74, 6) is -0.149. The first-order valence-electron chi connectivity index (χ1n) is 6.98. The Morgan fingerprint density at radius 2 is 2.32 bits per heavy atom. The van der Waals surface area contributed by atoms with Crippen LogP contribution in [0.3, 0.4) is 0 Å². The third kappa shape index (κ3) is 5.27. The zero-order valence-corrected chi connectivity index (χ0v) is 11.6. The number of hydrogen-bond donors (Lipinski definition) is 1. The van der Waals surface area contributed by atoms with Crippen LogP contribution in [0.25, 0.3) is 0 Å². The predicted octanol–water partition coefficient (Wildman–Crippen LogP) is 1.68. The van der Waals surface area contributed by atoms with Crippen molar-refractivity contribution >= 4 is 0 Å². The van der Waals surface area contributed by atoms with E-state index in [-0.39, 0.29) is 5.82 Å². The molecule has 1 saturated heterocycles. The molecule has 1 unspecified atom stereocenters. The topological polar surface area (TPSA) is 24.5 Å². The van der Waals surface area contributed by atoms with Crippen molar-refractivity contribution in [3.8, 4) is 0 Å². The lowest BCUT2D eigenvalue weighted by molar-refractivity contribution is 0.0711. The van der Waals surface area contributed by atoms with Gasteiger partial charge in [0.15, 0.2) is 0 Å². The zero-order valence-electron chi connectivity index (χ0n) is 11.6. The molecule has 1 aromatic carbocycles. The highest BCUT2D eigenvalue weighted by molar-refractivity contribution is 5.16. The highest BCUT2D eigenvalue weighted by Crippen LogP contribution is 2.06. The van der Waals surface area contributed by atoms with Gasteiger partial charge in [0.25, 0.3) is 0 Å². The van der Waals surface area contributed by atoms with Crippen LogP contribution in [0.1, 0.15) is 12.0 Å². The second-order valence-electron chi connectivity index (χ2n) is 5.20. The molecule has 1 N–H and O–H groups in total. The van der Waals surface area contributed by atoms with Crippen molar-refractivity contribution in [1.29, 1.82) is 0 Å². The van der Waals surface area contributed by atoms with Crippen molar-refractivity contribution < 1.29 is 9.13 Å². The minimum Gasteiger partial charge on any atom is -0.379 e. The van der Waals surface area contributed by atoms with Crippen LogP contribution < -0.4 is 5.32 Å². The van der Waals surface area contributed by atoms with Crippen LogP contribution in [0, 0.1) is 5.82 Å². The number of nitrogens with one attached hydrogen (secondary N) is 1. The smallest absolute Gasteiger partial charge is 0.123 e. The van der Waals surface area contributed by atoms with Gasteiger partial charge in [-0.05, 0) is 44.1 Å². The number of morpholine rings is 1. The molecule has 1 fully saturated rings. The van der Waals surface area contributed by atoms with Gasteiger partial charge in [-0.3, -0.25) is 0 Å². The lowest BCUT2D eigenvalue weighted by Crippen LogP contribution is -2.43. The molecule has 0 aromatic heterocycles. The number of hydrogen-bond acceptors (Lipinski definition) is 3. The fraction of sp³-hybridized carbons (Fsp3) is 0.600. The maximum Gasteiger partial charge on any atom is 0.123 e. The molecule has 3 nitrogen and oxygen atoms in total. The number of nitrogens with zero attached hydrogens (tertiary/aromatic N) is 1. The Balaban J connectivity index is 1.65. The van der Waals surface area contributed by atoms with Crippen molar-refractivity contribution in [2.75, 3.05) is 39.9 Å². The second kappa shape index (κ2) is 7.58. The van der Waals surface area contributed by atoms with E-state index in [0.717, 1.165) is 51.3 Å². The minimum atomic E-state index is -0.149. The van der Waals surface area contributed by atoms with Gasteiger partial charge in [-0.15, -0.1) is 0 Å². The maximum absolute atomic E-state index is 13.0. The van der Waals surface area contributed by atoms with Crippen molar-refractivity contribution in [2.45, 2.75) is 18.9 Å². The number of likely N-dealkylation sites (N-methyl/N-ethyl adjacent to an activating group) is 1. The van der Waals surface area contributed by atoms with Crippen LogP contribution in [0.15, 0.2) is 24.3 Å². The first-order valence-corrected chi connectivity index (χ1v) is 6.98. The SMILES string of the molecule is CN(CCc1cccc(F)c1)CCC1COCCN1. The summed E-state index contributed by atoms with van der Waals surface area (Å²) >= 11 is 0. The van der Waals surface area contributed by atoms with E-state index in [1.807, 2.05) is 6.07 Å². The van der Waals surface area contributed by atoms with Crippen LogP contribution in [-0.2, 0) is 11.2 Å². The van der Waals surface area contributed by atoms with Crippen LogP contribution in [0.2, 0.25) is 0 Å². The highest BCUT2D eigenvalue weighted by atomic mass is 19.1. The molecule has 0 spiro atoms. The lowest BCUT2D eigenvalue weighted by atomic mass is 10.1. The van der Waals surface area contributed by atoms with E-state index in [4.69, 9.17) is 4.74 Å². The summed E-state index contributed by atoms with van der Waals surface area (Å²) in [5.41, 5.74) is 1.06. The summed E-state index contributed by atoms with van der Waals surface area (Å²) in [6, 6.07) is 7.33. The highest BCUT2D eigenvalue weighted by Gasteiger charge is 2.13. The van der Waals surface area contributed by atoms with E-state index in [1.54, 1.807) is 12.1 Å². The monoisotopic (exact) mass is 266 g/mol. The lowest BCUT2D eigenvalue weighted by Gasteiger charge is -2.26. The van der Waals surface area contributed by atoms with Gasteiger partial charge < -0.3 is 15.0 Å². The average molecular weight is 266 g/mol. The molecule has 0 amide bonds. The minimum absolute atomic E-state index is 0.149. The Kier molecular flexibility index (Phi) is 5.76. The molecule has 0 saturated carbocycles. The molecule has 1 atom stereocenters. The molecule has 106 valence electrons. The Bertz CT molecular complexity index is 380. The normalized spacial score (nSPS) is 19.8. The molecule has 1 aliphatic heterocycles. The van der Waals surface area contributed by atoms with E-state index >= 15 is 0 Å². The predicted molar refractivity (Wildman–Crippen MR) is 74.8 cm³/mol. The van der Waals surface area contributed by atoms with E-state index in [9.17, 15) is 4.39 Å². The summed E-state index contributed by atoms with van der Waals surface area (Å²) in [6.07, 6.45) is 1.99. The van der Waals surface area contributed by atoms with Gasteiger partial charge in [0.2, 0.25) is 0 Å². The van der Waals surface area contributed by atoms with Crippen LogP contribution in [-0.4, -0.2) is 50.8 Å². The fourth-order valence-corrected chi connectivity index (χ4v) is 2.31. The molecule has 0 bridgehead atoms. The van der Waals surface area contributed by atoms with E-state index in [2.05, 4.69) is 17.3 Å². The van der Waals surface area contributed by atoms with E-state index < -0.39 is 0 Å². The van der Waals surface area contributed by atoms with E-state index in [0.29, 0.717) is 6.04 Å². The van der Waals surface area contributed by atoms with Gasteiger partial charge in [-0.1, -0.05) is 12.1 Å². The van der Waals surface area contributed by atoms with Crippen molar-refractivity contribution in [2.24, 2.45) is 0 Å². The van der Waals surface area contributed by atoms with E-state index in [1.165, 1.54) is 6.07 Å². The number of rotatable bonds is 6. The Labute approximate surface area is 114 Å². The van der Waals surface area contributed by atoms with Gasteiger partial charge in [-0.25, -0.2) is 4.39 Å². The van der Waals surface area contributed by atoms with Crippen LogP contribution >= 0.6 is 0 Å². The first-order chi connectivity index (χ1) is 9.24. The summed E-state index contributed by atoms with van der Waals surface area (Å²) in [6.45, 7) is 4.59. The molecule has 2 rings (SSSR count). The Morgan fingerprint density at radius 1 is 1.42 bits per heavy atom.